The summed E-state index contributed by atoms with van der Waals surface area (Å²) >= 11 is 3.17. The Morgan fingerprint density at radius 1 is 1.41 bits per heavy atom. The van der Waals surface area contributed by atoms with Crippen molar-refractivity contribution >= 4 is 49.6 Å². The first kappa shape index (κ1) is 14.1. The van der Waals surface area contributed by atoms with E-state index in [1.165, 1.54) is 0 Å². The summed E-state index contributed by atoms with van der Waals surface area (Å²) in [5.41, 5.74) is 1.47. The average molecular weight is 361 g/mol. The van der Waals surface area contributed by atoms with E-state index in [4.69, 9.17) is 4.74 Å². The molecule has 5 heteroatoms. The van der Waals surface area contributed by atoms with Crippen LogP contribution in [0.4, 0.5) is 0 Å². The van der Waals surface area contributed by atoms with Gasteiger partial charge in [0.05, 0.1) is 18.0 Å². The summed E-state index contributed by atoms with van der Waals surface area (Å²) in [6, 6.07) is 7.24. The molecule has 1 aromatic carbocycles. The topological polar surface area (TPSA) is 39.2 Å². The highest BCUT2D eigenvalue weighted by Gasteiger charge is 2.09. The molecule has 0 atom stereocenters. The van der Waals surface area contributed by atoms with E-state index < -0.39 is 0 Å². The Bertz CT molecular complexity index is 543. The fourth-order valence-corrected chi connectivity index (χ4v) is 1.87. The second-order valence-electron chi connectivity index (χ2n) is 3.30. The van der Waals surface area contributed by atoms with Crippen molar-refractivity contribution in [3.05, 3.63) is 36.0 Å². The van der Waals surface area contributed by atoms with Gasteiger partial charge in [0, 0.05) is 17.1 Å². The quantitative estimate of drug-likeness (QED) is 0.622. The van der Waals surface area contributed by atoms with Crippen LogP contribution in [0.3, 0.4) is 0 Å². The van der Waals surface area contributed by atoms with Gasteiger partial charge in [0.2, 0.25) is 0 Å². The summed E-state index contributed by atoms with van der Waals surface area (Å²) in [7, 11) is 1.60. The molecular formula is C12H11Br2NO2. The second-order valence-corrected chi connectivity index (χ2v) is 3.86. The van der Waals surface area contributed by atoms with E-state index in [1.807, 2.05) is 18.2 Å². The van der Waals surface area contributed by atoms with Crippen LogP contribution in [0.25, 0.3) is 10.9 Å². The number of methoxy groups -OCH3 is 1. The van der Waals surface area contributed by atoms with Gasteiger partial charge in [-0.2, -0.15) is 0 Å². The number of pyridine rings is 1. The standard InChI is InChI=1S/C12H10BrNO2.BrH/c1-16-8-2-3-11-10(6-8)9(4-5-14-11)12(15)7-13;/h2-6H,7H2,1H3;1H. The third-order valence-electron chi connectivity index (χ3n) is 2.37. The van der Waals surface area contributed by atoms with Crippen LogP contribution in [0.15, 0.2) is 30.5 Å². The molecule has 0 aliphatic carbocycles. The number of alkyl halides is 1. The zero-order valence-corrected chi connectivity index (χ0v) is 12.4. The maximum absolute atomic E-state index is 11.7. The third-order valence-corrected chi connectivity index (χ3v) is 2.88. The number of hydrogen-bond acceptors (Lipinski definition) is 3. The molecule has 2 rings (SSSR count). The Morgan fingerprint density at radius 3 is 2.82 bits per heavy atom. The first-order valence-electron chi connectivity index (χ1n) is 4.78. The van der Waals surface area contributed by atoms with Crippen molar-refractivity contribution in [2.45, 2.75) is 0 Å². The molecule has 90 valence electrons. The normalized spacial score (nSPS) is 9.76. The van der Waals surface area contributed by atoms with Gasteiger partial charge in [-0.25, -0.2) is 0 Å². The summed E-state index contributed by atoms with van der Waals surface area (Å²) < 4.78 is 5.14. The van der Waals surface area contributed by atoms with E-state index in [9.17, 15) is 4.79 Å². The number of fused-ring (bicyclic) bond motifs is 1. The van der Waals surface area contributed by atoms with Gasteiger partial charge >= 0.3 is 0 Å². The number of halogens is 2. The van der Waals surface area contributed by atoms with E-state index in [-0.39, 0.29) is 22.8 Å². The summed E-state index contributed by atoms with van der Waals surface area (Å²) in [6.07, 6.45) is 1.64. The zero-order chi connectivity index (χ0) is 11.5. The number of benzene rings is 1. The molecule has 0 aliphatic heterocycles. The van der Waals surface area contributed by atoms with E-state index in [2.05, 4.69) is 20.9 Å². The van der Waals surface area contributed by atoms with Crippen LogP contribution >= 0.6 is 32.9 Å². The van der Waals surface area contributed by atoms with Crippen molar-refractivity contribution in [1.29, 1.82) is 0 Å². The number of ketones is 1. The number of carbonyl (C=O) groups is 1. The van der Waals surface area contributed by atoms with Crippen molar-refractivity contribution in [2.75, 3.05) is 12.4 Å². The molecular weight excluding hydrogens is 350 g/mol. The predicted octanol–water partition coefficient (Wildman–Crippen LogP) is 3.40. The Balaban J connectivity index is 0.00000144. The molecule has 17 heavy (non-hydrogen) atoms. The van der Waals surface area contributed by atoms with Crippen LogP contribution in [-0.4, -0.2) is 23.2 Å². The van der Waals surface area contributed by atoms with Crippen LogP contribution in [0.2, 0.25) is 0 Å². The second kappa shape index (κ2) is 6.12. The van der Waals surface area contributed by atoms with Crippen molar-refractivity contribution in [2.24, 2.45) is 0 Å². The van der Waals surface area contributed by atoms with Gasteiger partial charge in [-0.15, -0.1) is 17.0 Å². The third kappa shape index (κ3) is 2.84. The predicted molar refractivity (Wildman–Crippen MR) is 76.7 cm³/mol. The highest BCUT2D eigenvalue weighted by Crippen LogP contribution is 2.23. The van der Waals surface area contributed by atoms with E-state index in [1.54, 1.807) is 19.4 Å². The van der Waals surface area contributed by atoms with Crippen molar-refractivity contribution in [1.82, 2.24) is 4.98 Å². The summed E-state index contributed by atoms with van der Waals surface area (Å²) in [4.78, 5) is 15.9. The van der Waals surface area contributed by atoms with Gasteiger partial charge in [-0.1, -0.05) is 15.9 Å². The Kier molecular flexibility index (Phi) is 5.08. The maximum Gasteiger partial charge on any atom is 0.174 e. The van der Waals surface area contributed by atoms with Gasteiger partial charge in [0.1, 0.15) is 5.75 Å². The van der Waals surface area contributed by atoms with Crippen LogP contribution in [0.1, 0.15) is 10.4 Å². The Labute approximate surface area is 118 Å². The number of aromatic nitrogens is 1. The number of nitrogens with zero attached hydrogens (tertiary/aromatic N) is 1. The van der Waals surface area contributed by atoms with Crippen LogP contribution < -0.4 is 4.74 Å². The number of carbonyl (C=O) groups excluding carboxylic acids is 1. The molecule has 1 heterocycles. The highest BCUT2D eigenvalue weighted by molar-refractivity contribution is 9.09. The fraction of sp³-hybridized carbons (Fsp3) is 0.167. The summed E-state index contributed by atoms with van der Waals surface area (Å²) in [5.74, 6) is 0.768. The smallest absolute Gasteiger partial charge is 0.174 e. The molecule has 0 N–H and O–H groups in total. The molecule has 3 nitrogen and oxygen atoms in total. The molecule has 0 spiro atoms. The van der Waals surface area contributed by atoms with Gasteiger partial charge in [0.15, 0.2) is 5.78 Å². The first-order valence-corrected chi connectivity index (χ1v) is 5.90. The number of rotatable bonds is 3. The van der Waals surface area contributed by atoms with Crippen LogP contribution in [0, 0.1) is 0 Å². The Morgan fingerprint density at radius 2 is 2.18 bits per heavy atom. The highest BCUT2D eigenvalue weighted by atomic mass is 79.9. The lowest BCUT2D eigenvalue weighted by molar-refractivity contribution is 0.102. The number of hydrogen-bond donors (Lipinski definition) is 0. The molecule has 0 bridgehead atoms. The molecule has 0 saturated carbocycles. The lowest BCUT2D eigenvalue weighted by Crippen LogP contribution is -2.01. The molecule has 0 amide bonds. The largest absolute Gasteiger partial charge is 0.497 e. The SMILES string of the molecule is Br.COc1ccc2nccc(C(=O)CBr)c2c1. The first-order chi connectivity index (χ1) is 7.76. The fourth-order valence-electron chi connectivity index (χ4n) is 1.57. The minimum absolute atomic E-state index is 0. The lowest BCUT2D eigenvalue weighted by atomic mass is 10.1. The molecule has 0 unspecified atom stereocenters. The molecule has 0 saturated heterocycles. The van der Waals surface area contributed by atoms with Crippen LogP contribution in [0.5, 0.6) is 5.75 Å². The minimum atomic E-state index is 0. The monoisotopic (exact) mass is 359 g/mol. The number of ether oxygens (including phenoxy) is 1. The maximum atomic E-state index is 11.7. The van der Waals surface area contributed by atoms with Crippen molar-refractivity contribution < 1.29 is 9.53 Å². The van der Waals surface area contributed by atoms with Crippen molar-refractivity contribution in [3.63, 3.8) is 0 Å². The van der Waals surface area contributed by atoms with Gasteiger partial charge in [0.25, 0.3) is 0 Å². The van der Waals surface area contributed by atoms with Crippen molar-refractivity contribution in [3.8, 4) is 5.75 Å². The minimum Gasteiger partial charge on any atom is -0.497 e. The average Bonchev–Trinajstić information content (AvgIpc) is 2.36. The van der Waals surface area contributed by atoms with E-state index >= 15 is 0 Å². The Hall–Kier alpha value is -0.940. The molecule has 1 aromatic heterocycles. The lowest BCUT2D eigenvalue weighted by Gasteiger charge is -2.05. The molecule has 0 radical (unpaired) electrons. The summed E-state index contributed by atoms with van der Waals surface area (Å²) in [6.45, 7) is 0. The number of Topliss-reactive ketones (excluding diaryl/α,β-unsaturated/α-hetero) is 1. The molecule has 0 aliphatic rings. The van der Waals surface area contributed by atoms with Crippen LogP contribution in [-0.2, 0) is 0 Å². The van der Waals surface area contributed by atoms with Gasteiger partial charge < -0.3 is 4.74 Å². The van der Waals surface area contributed by atoms with E-state index in [0.717, 1.165) is 16.7 Å². The van der Waals surface area contributed by atoms with Gasteiger partial charge in [-0.3, -0.25) is 9.78 Å². The zero-order valence-electron chi connectivity index (χ0n) is 9.14. The molecule has 0 fully saturated rings. The molecule has 2 aromatic rings. The van der Waals surface area contributed by atoms with Gasteiger partial charge in [-0.05, 0) is 24.3 Å². The summed E-state index contributed by atoms with van der Waals surface area (Å²) in [5, 5.41) is 1.13. The van der Waals surface area contributed by atoms with E-state index in [0.29, 0.717) is 10.9 Å².